The molecule has 0 aliphatic heterocycles. The summed E-state index contributed by atoms with van der Waals surface area (Å²) in [4.78, 5) is 23.7. The van der Waals surface area contributed by atoms with Gasteiger partial charge in [0.2, 0.25) is 0 Å². The number of halogens is 1. The normalized spacial score (nSPS) is 10.7. The molecule has 0 N–H and O–H groups in total. The van der Waals surface area contributed by atoms with Gasteiger partial charge in [-0.25, -0.2) is 0 Å². The largest absolute Gasteiger partial charge is 0.298 e. The maximum absolute atomic E-state index is 12.5. The molecule has 3 rings (SSSR count). The number of nitrogens with zero attached hydrogens (tertiary/aromatic N) is 2. The number of carbonyl (C=O) groups is 1. The molecular weight excluding hydrogens is 320 g/mol. The van der Waals surface area contributed by atoms with Gasteiger partial charge in [-0.15, -0.1) is 0 Å². The molecule has 3 aromatic rings. The van der Waals surface area contributed by atoms with Gasteiger partial charge in [-0.2, -0.15) is 9.78 Å². The number of rotatable bonds is 2. The maximum atomic E-state index is 12.5. The molecule has 2 aromatic carbocycles. The first kappa shape index (κ1) is 12.7. The number of benzene rings is 2. The van der Waals surface area contributed by atoms with Crippen molar-refractivity contribution < 1.29 is 4.79 Å². The van der Waals surface area contributed by atoms with Crippen molar-refractivity contribution in [1.29, 1.82) is 0 Å². The van der Waals surface area contributed by atoms with E-state index < -0.39 is 0 Å². The summed E-state index contributed by atoms with van der Waals surface area (Å²) in [6.45, 7) is 0. The Bertz CT molecular complexity index is 871. The summed E-state index contributed by atoms with van der Waals surface area (Å²) >= 11 is 3.30. The zero-order valence-corrected chi connectivity index (χ0v) is 11.9. The van der Waals surface area contributed by atoms with Gasteiger partial charge in [0, 0.05) is 9.86 Å². The maximum Gasteiger partial charge on any atom is 0.279 e. The second kappa shape index (κ2) is 5.02. The number of hydrogen-bond acceptors (Lipinski definition) is 3. The zero-order chi connectivity index (χ0) is 14.1. The Morgan fingerprint density at radius 1 is 1.10 bits per heavy atom. The fourth-order valence-electron chi connectivity index (χ4n) is 2.09. The van der Waals surface area contributed by atoms with Crippen LogP contribution in [0.4, 0.5) is 0 Å². The van der Waals surface area contributed by atoms with E-state index in [1.807, 2.05) is 12.1 Å². The number of fused-ring (bicyclic) bond motifs is 1. The molecule has 0 radical (unpaired) electrons. The van der Waals surface area contributed by atoms with Crippen molar-refractivity contribution in [3.63, 3.8) is 0 Å². The summed E-state index contributed by atoms with van der Waals surface area (Å²) in [6, 6.07) is 12.4. The lowest BCUT2D eigenvalue weighted by Gasteiger charge is -2.09. The van der Waals surface area contributed by atoms with Crippen molar-refractivity contribution in [2.45, 2.75) is 0 Å². The molecule has 4 nitrogen and oxygen atoms in total. The molecule has 98 valence electrons. The van der Waals surface area contributed by atoms with Crippen LogP contribution in [0.5, 0.6) is 0 Å². The van der Waals surface area contributed by atoms with E-state index in [4.69, 9.17) is 0 Å². The SMILES string of the molecule is O=Cc1c(Br)cccc1-n1ncc2ccccc2c1=O. The Hall–Kier alpha value is -2.27. The van der Waals surface area contributed by atoms with Crippen LogP contribution in [-0.2, 0) is 0 Å². The van der Waals surface area contributed by atoms with E-state index in [-0.39, 0.29) is 5.56 Å². The molecule has 0 bridgehead atoms. The van der Waals surface area contributed by atoms with Crippen LogP contribution in [-0.4, -0.2) is 16.1 Å². The molecule has 0 amide bonds. The van der Waals surface area contributed by atoms with Crippen molar-refractivity contribution in [1.82, 2.24) is 9.78 Å². The standard InChI is InChI=1S/C15H9BrN2O2/c16-13-6-3-7-14(12(13)9-19)18-15(20)11-5-2-1-4-10(11)8-17-18/h1-9H. The van der Waals surface area contributed by atoms with Gasteiger partial charge >= 0.3 is 0 Å². The molecule has 20 heavy (non-hydrogen) atoms. The topological polar surface area (TPSA) is 52.0 Å². The minimum atomic E-state index is -0.246. The van der Waals surface area contributed by atoms with Gasteiger partial charge in [0.15, 0.2) is 6.29 Å². The van der Waals surface area contributed by atoms with Crippen LogP contribution in [0.1, 0.15) is 10.4 Å². The average molecular weight is 329 g/mol. The molecule has 0 spiro atoms. The minimum Gasteiger partial charge on any atom is -0.298 e. The first-order valence-electron chi connectivity index (χ1n) is 5.93. The molecule has 0 saturated heterocycles. The average Bonchev–Trinajstić information content (AvgIpc) is 2.48. The van der Waals surface area contributed by atoms with E-state index in [1.165, 1.54) is 4.68 Å². The van der Waals surface area contributed by atoms with E-state index in [2.05, 4.69) is 21.0 Å². The highest BCUT2D eigenvalue weighted by Crippen LogP contribution is 2.21. The minimum absolute atomic E-state index is 0.246. The molecule has 0 fully saturated rings. The third-order valence-electron chi connectivity index (χ3n) is 3.07. The fourth-order valence-corrected chi connectivity index (χ4v) is 2.54. The Labute approximate surface area is 122 Å². The summed E-state index contributed by atoms with van der Waals surface area (Å²) in [5, 5.41) is 5.49. The molecular formula is C15H9BrN2O2. The molecule has 1 heterocycles. The van der Waals surface area contributed by atoms with E-state index in [0.717, 1.165) is 5.39 Å². The lowest BCUT2D eigenvalue weighted by molar-refractivity contribution is 0.112. The number of aldehydes is 1. The number of carbonyl (C=O) groups excluding carboxylic acids is 1. The number of hydrogen-bond donors (Lipinski definition) is 0. The third-order valence-corrected chi connectivity index (χ3v) is 3.76. The smallest absolute Gasteiger partial charge is 0.279 e. The van der Waals surface area contributed by atoms with Gasteiger partial charge in [-0.1, -0.05) is 24.3 Å². The molecule has 5 heteroatoms. The zero-order valence-electron chi connectivity index (χ0n) is 10.3. The summed E-state index contributed by atoms with van der Waals surface area (Å²) in [6.07, 6.45) is 2.33. The monoisotopic (exact) mass is 328 g/mol. The fraction of sp³-hybridized carbons (Fsp3) is 0. The van der Waals surface area contributed by atoms with Crippen LogP contribution >= 0.6 is 15.9 Å². The van der Waals surface area contributed by atoms with Crippen molar-refractivity contribution >= 4 is 33.0 Å². The van der Waals surface area contributed by atoms with Crippen LogP contribution in [0, 0.1) is 0 Å². The Morgan fingerprint density at radius 2 is 1.90 bits per heavy atom. The van der Waals surface area contributed by atoms with Crippen molar-refractivity contribution in [3.05, 3.63) is 69.1 Å². The van der Waals surface area contributed by atoms with Crippen LogP contribution in [0.25, 0.3) is 16.5 Å². The third kappa shape index (κ3) is 1.96. The highest BCUT2D eigenvalue weighted by molar-refractivity contribution is 9.10. The van der Waals surface area contributed by atoms with Crippen LogP contribution in [0.3, 0.4) is 0 Å². The Balaban J connectivity index is 2.36. The van der Waals surface area contributed by atoms with Gasteiger partial charge in [0.05, 0.1) is 22.8 Å². The van der Waals surface area contributed by atoms with Crippen LogP contribution in [0.2, 0.25) is 0 Å². The Morgan fingerprint density at radius 3 is 2.70 bits per heavy atom. The summed E-state index contributed by atoms with van der Waals surface area (Å²) in [7, 11) is 0. The van der Waals surface area contributed by atoms with Crippen molar-refractivity contribution in [2.24, 2.45) is 0 Å². The van der Waals surface area contributed by atoms with E-state index in [9.17, 15) is 9.59 Å². The molecule has 0 aliphatic carbocycles. The molecule has 0 unspecified atom stereocenters. The van der Waals surface area contributed by atoms with Gasteiger partial charge in [0.1, 0.15) is 0 Å². The predicted molar refractivity (Wildman–Crippen MR) is 80.4 cm³/mol. The van der Waals surface area contributed by atoms with Crippen molar-refractivity contribution in [3.8, 4) is 5.69 Å². The van der Waals surface area contributed by atoms with E-state index in [1.54, 1.807) is 36.5 Å². The summed E-state index contributed by atoms with van der Waals surface area (Å²) in [5.41, 5.74) is 0.617. The highest BCUT2D eigenvalue weighted by atomic mass is 79.9. The molecule has 1 aromatic heterocycles. The molecule has 0 aliphatic rings. The first-order valence-corrected chi connectivity index (χ1v) is 6.73. The van der Waals surface area contributed by atoms with E-state index >= 15 is 0 Å². The first-order chi connectivity index (χ1) is 9.72. The van der Waals surface area contributed by atoms with Gasteiger partial charge in [-0.05, 0) is 34.1 Å². The molecule has 0 atom stereocenters. The summed E-state index contributed by atoms with van der Waals surface area (Å²) < 4.78 is 1.88. The second-order valence-corrected chi connectivity index (χ2v) is 5.09. The second-order valence-electron chi connectivity index (χ2n) is 4.24. The molecule has 0 saturated carbocycles. The predicted octanol–water partition coefficient (Wildman–Crippen LogP) is 2.96. The van der Waals surface area contributed by atoms with Crippen molar-refractivity contribution in [2.75, 3.05) is 0 Å². The summed E-state index contributed by atoms with van der Waals surface area (Å²) in [5.74, 6) is 0. The van der Waals surface area contributed by atoms with E-state index in [0.29, 0.717) is 27.4 Å². The van der Waals surface area contributed by atoms with Crippen LogP contribution < -0.4 is 5.56 Å². The Kier molecular flexibility index (Phi) is 3.20. The van der Waals surface area contributed by atoms with Gasteiger partial charge in [0.25, 0.3) is 5.56 Å². The lowest BCUT2D eigenvalue weighted by Crippen LogP contribution is -2.22. The van der Waals surface area contributed by atoms with Gasteiger partial charge < -0.3 is 0 Å². The highest BCUT2D eigenvalue weighted by Gasteiger charge is 2.11. The number of aromatic nitrogens is 2. The van der Waals surface area contributed by atoms with Gasteiger partial charge in [-0.3, -0.25) is 9.59 Å². The van der Waals surface area contributed by atoms with Crippen LogP contribution in [0.15, 0.2) is 57.9 Å². The quantitative estimate of drug-likeness (QED) is 0.679. The lowest BCUT2D eigenvalue weighted by atomic mass is 10.2.